The van der Waals surface area contributed by atoms with Crippen LogP contribution in [0.1, 0.15) is 2.85 Å². The van der Waals surface area contributed by atoms with Gasteiger partial charge >= 0.3 is 59.1 Å². The fourth-order valence-corrected chi connectivity index (χ4v) is 0.677. The van der Waals surface area contributed by atoms with Crippen LogP contribution in [0.2, 0.25) is 0 Å². The average molecular weight is 192 g/mol. The van der Waals surface area contributed by atoms with E-state index in [2.05, 4.69) is 0 Å². The summed E-state index contributed by atoms with van der Waals surface area (Å²) in [5.41, 5.74) is 0. The van der Waals surface area contributed by atoms with Crippen LogP contribution >= 0.6 is 0 Å². The molecule has 2 atom stereocenters. The second-order valence-electron chi connectivity index (χ2n) is 1.95. The summed E-state index contributed by atoms with van der Waals surface area (Å²) < 4.78 is 0. The van der Waals surface area contributed by atoms with E-state index in [1.54, 1.807) is 0 Å². The van der Waals surface area contributed by atoms with E-state index in [4.69, 9.17) is 10.2 Å². The van der Waals surface area contributed by atoms with Gasteiger partial charge in [-0.15, -0.1) is 0 Å². The first-order chi connectivity index (χ1) is 4.55. The standard InChI is InChI=1S/C5H4O5.2Na.2H/c6-1-2(7)4(9)5(10)3(1)8;;;;/h1-2,6-7H;;;;/q;2*+1;2*-1. The first kappa shape index (κ1) is 15.4. The molecule has 58 valence electrons. The molecule has 1 aliphatic rings. The Balaban J connectivity index is -0.000000125. The zero-order valence-electron chi connectivity index (χ0n) is 8.77. The van der Waals surface area contributed by atoms with Crippen LogP contribution in [0.25, 0.3) is 0 Å². The third-order valence-electron chi connectivity index (χ3n) is 1.28. The van der Waals surface area contributed by atoms with E-state index in [1.807, 2.05) is 0 Å². The van der Waals surface area contributed by atoms with Gasteiger partial charge in [0.15, 0.2) is 12.2 Å². The number of hydrogen-bond acceptors (Lipinski definition) is 5. The summed E-state index contributed by atoms with van der Waals surface area (Å²) in [4.78, 5) is 31.0. The number of carbonyl (C=O) groups excluding carboxylic acids is 3. The topological polar surface area (TPSA) is 91.7 Å². The number of Topliss-reactive ketones (excluding diaryl/α,β-unsaturated/α-hetero) is 3. The van der Waals surface area contributed by atoms with Gasteiger partial charge in [0.1, 0.15) is 0 Å². The minimum absolute atomic E-state index is 0. The van der Waals surface area contributed by atoms with Gasteiger partial charge in [-0.25, -0.2) is 0 Å². The first-order valence-corrected chi connectivity index (χ1v) is 2.54. The van der Waals surface area contributed by atoms with Crippen molar-refractivity contribution in [1.29, 1.82) is 0 Å². The number of aliphatic hydroxyl groups excluding tert-OH is 2. The molecule has 0 saturated heterocycles. The molecule has 5 nitrogen and oxygen atoms in total. The Morgan fingerprint density at radius 3 is 1.25 bits per heavy atom. The van der Waals surface area contributed by atoms with Crippen molar-refractivity contribution in [2.75, 3.05) is 0 Å². The zero-order valence-corrected chi connectivity index (χ0v) is 10.8. The molecule has 0 spiro atoms. The number of aliphatic hydroxyl groups is 2. The molecule has 0 heterocycles. The molecule has 0 amide bonds. The molecule has 7 heteroatoms. The van der Waals surface area contributed by atoms with E-state index in [0.29, 0.717) is 0 Å². The van der Waals surface area contributed by atoms with Crippen LogP contribution in [-0.4, -0.2) is 39.8 Å². The summed E-state index contributed by atoms with van der Waals surface area (Å²) in [5, 5.41) is 17.1. The van der Waals surface area contributed by atoms with Crippen molar-refractivity contribution < 1.29 is 86.6 Å². The molecule has 0 bridgehead atoms. The first-order valence-electron chi connectivity index (χ1n) is 2.54. The van der Waals surface area contributed by atoms with Gasteiger partial charge in [-0.1, -0.05) is 0 Å². The van der Waals surface area contributed by atoms with Gasteiger partial charge in [-0.2, -0.15) is 0 Å². The van der Waals surface area contributed by atoms with Crippen molar-refractivity contribution in [3.8, 4) is 0 Å². The van der Waals surface area contributed by atoms with Gasteiger partial charge in [0.05, 0.1) is 0 Å². The third kappa shape index (κ3) is 2.46. The van der Waals surface area contributed by atoms with Crippen molar-refractivity contribution in [1.82, 2.24) is 0 Å². The van der Waals surface area contributed by atoms with Crippen LogP contribution in [0.15, 0.2) is 0 Å². The predicted octanol–water partition coefficient (Wildman–Crippen LogP) is -8.34. The van der Waals surface area contributed by atoms with E-state index in [-0.39, 0.29) is 62.0 Å². The number of carbonyl (C=O) groups is 3. The molecule has 1 saturated carbocycles. The predicted molar refractivity (Wildman–Crippen MR) is 29.3 cm³/mol. The molecule has 12 heavy (non-hydrogen) atoms. The van der Waals surface area contributed by atoms with E-state index >= 15 is 0 Å². The third-order valence-corrected chi connectivity index (χ3v) is 1.28. The van der Waals surface area contributed by atoms with Gasteiger partial charge in [-0.3, -0.25) is 14.4 Å². The minimum atomic E-state index is -1.85. The van der Waals surface area contributed by atoms with Crippen LogP contribution in [0.3, 0.4) is 0 Å². The Kier molecular flexibility index (Phi) is 7.21. The minimum Gasteiger partial charge on any atom is -1.00 e. The van der Waals surface area contributed by atoms with E-state index in [9.17, 15) is 14.4 Å². The summed E-state index contributed by atoms with van der Waals surface area (Å²) >= 11 is 0. The van der Waals surface area contributed by atoms with Gasteiger partial charge in [0, 0.05) is 0 Å². The largest absolute Gasteiger partial charge is 1.00 e. The van der Waals surface area contributed by atoms with Crippen LogP contribution < -0.4 is 59.1 Å². The Hall–Kier alpha value is 0.930. The van der Waals surface area contributed by atoms with Crippen molar-refractivity contribution in [3.05, 3.63) is 0 Å². The molecule has 1 rings (SSSR count). The Morgan fingerprint density at radius 1 is 0.917 bits per heavy atom. The smallest absolute Gasteiger partial charge is 1.00 e. The van der Waals surface area contributed by atoms with Gasteiger partial charge < -0.3 is 13.1 Å². The molecule has 1 fully saturated rings. The molecule has 0 aromatic carbocycles. The van der Waals surface area contributed by atoms with Gasteiger partial charge in [-0.05, 0) is 0 Å². The van der Waals surface area contributed by atoms with Crippen LogP contribution in [0.4, 0.5) is 0 Å². The average Bonchev–Trinajstić information content (AvgIpc) is 2.07. The normalized spacial score (nSPS) is 28.0. The number of ketones is 3. The molecule has 2 N–H and O–H groups in total. The summed E-state index contributed by atoms with van der Waals surface area (Å²) in [7, 11) is 0. The zero-order chi connectivity index (χ0) is 7.89. The molecule has 0 radical (unpaired) electrons. The molecular formula is C5H6Na2O5. The fourth-order valence-electron chi connectivity index (χ4n) is 0.677. The maximum Gasteiger partial charge on any atom is 1.00 e. The van der Waals surface area contributed by atoms with Gasteiger partial charge in [0.2, 0.25) is 11.6 Å². The maximum atomic E-state index is 10.3. The van der Waals surface area contributed by atoms with Crippen molar-refractivity contribution in [2.45, 2.75) is 12.2 Å². The maximum absolute atomic E-state index is 10.3. The monoisotopic (exact) mass is 192 g/mol. The Morgan fingerprint density at radius 2 is 1.17 bits per heavy atom. The second-order valence-corrected chi connectivity index (χ2v) is 1.95. The van der Waals surface area contributed by atoms with Crippen LogP contribution in [-0.2, 0) is 14.4 Å². The van der Waals surface area contributed by atoms with E-state index in [1.165, 1.54) is 0 Å². The number of rotatable bonds is 0. The fraction of sp³-hybridized carbons (Fsp3) is 0.400. The summed E-state index contributed by atoms with van der Waals surface area (Å²) in [6, 6.07) is 0. The van der Waals surface area contributed by atoms with Crippen molar-refractivity contribution in [2.24, 2.45) is 0 Å². The molecular weight excluding hydrogens is 186 g/mol. The summed E-state index contributed by atoms with van der Waals surface area (Å²) in [5.74, 6) is -3.77. The molecule has 0 aliphatic heterocycles. The van der Waals surface area contributed by atoms with Crippen molar-refractivity contribution in [3.63, 3.8) is 0 Å². The summed E-state index contributed by atoms with van der Waals surface area (Å²) in [6.07, 6.45) is -3.69. The second kappa shape index (κ2) is 5.62. The molecule has 2 unspecified atom stereocenters. The van der Waals surface area contributed by atoms with Crippen LogP contribution in [0, 0.1) is 0 Å². The Bertz CT molecular complexity index is 212. The molecule has 1 aliphatic carbocycles. The van der Waals surface area contributed by atoms with E-state index < -0.39 is 29.6 Å². The van der Waals surface area contributed by atoms with Crippen molar-refractivity contribution >= 4 is 17.3 Å². The summed E-state index contributed by atoms with van der Waals surface area (Å²) in [6.45, 7) is 0. The molecule has 0 aromatic heterocycles. The van der Waals surface area contributed by atoms with E-state index in [0.717, 1.165) is 0 Å². The molecule has 0 aromatic rings. The van der Waals surface area contributed by atoms with Crippen LogP contribution in [0.5, 0.6) is 0 Å². The van der Waals surface area contributed by atoms with Gasteiger partial charge in [0.25, 0.3) is 5.78 Å². The number of hydrogen-bond donors (Lipinski definition) is 2. The Labute approximate surface area is 115 Å². The quantitative estimate of drug-likeness (QED) is 0.294. The SMILES string of the molecule is O=C1C(=O)C(O)C(O)C1=O.[H-].[H-].[Na+].[Na+].